The monoisotopic (exact) mass is 508 g/mol. The van der Waals surface area contributed by atoms with E-state index in [0.29, 0.717) is 12.1 Å². The molecule has 0 aromatic heterocycles. The fourth-order valence-corrected chi connectivity index (χ4v) is 2.63. The summed E-state index contributed by atoms with van der Waals surface area (Å²) in [6.07, 6.45) is -9.53. The largest absolute Gasteiger partial charge is 0.495 e. The van der Waals surface area contributed by atoms with Gasteiger partial charge in [-0.2, -0.15) is 36.9 Å². The zero-order chi connectivity index (χ0) is 26.4. The maximum absolute atomic E-state index is 12.7. The molecule has 2 aromatic carbocycles. The molecule has 7 nitrogen and oxygen atoms in total. The van der Waals surface area contributed by atoms with Crippen LogP contribution in [0.2, 0.25) is 0 Å². The zero-order valence-corrected chi connectivity index (χ0v) is 17.7. The third-order valence-electron chi connectivity index (χ3n) is 3.91. The average molecular weight is 509 g/mol. The molecule has 0 aliphatic carbocycles. The number of benzene rings is 2. The van der Waals surface area contributed by atoms with Crippen LogP contribution in [-0.4, -0.2) is 30.5 Å². The predicted octanol–water partition coefficient (Wildman–Crippen LogP) is 5.25. The number of halogens is 7. The van der Waals surface area contributed by atoms with Gasteiger partial charge in [0.1, 0.15) is 23.6 Å². The molecule has 2 aromatic rings. The molecule has 14 heteroatoms. The minimum Gasteiger partial charge on any atom is -0.495 e. The number of methoxy groups -OCH3 is 2. The van der Waals surface area contributed by atoms with Crippen LogP contribution in [0.15, 0.2) is 24.3 Å². The highest BCUT2D eigenvalue weighted by Gasteiger charge is 2.37. The highest BCUT2D eigenvalue weighted by Crippen LogP contribution is 2.40. The van der Waals surface area contributed by atoms with Gasteiger partial charge in [0.05, 0.1) is 42.0 Å². The Labute approximate surface area is 192 Å². The van der Waals surface area contributed by atoms with E-state index in [4.69, 9.17) is 27.2 Å². The molecular weight excluding hydrogens is 498 g/mol. The first-order valence-electron chi connectivity index (χ1n) is 8.44. The quantitative estimate of drug-likeness (QED) is 0.442. The second-order valence-corrected chi connectivity index (χ2v) is 6.35. The number of carbonyl (C=O) groups is 2. The minimum atomic E-state index is -4.79. The number of hydrogen-bond acceptors (Lipinski definition) is 6. The number of aromatic carboxylic acids is 1. The van der Waals surface area contributed by atoms with Crippen LogP contribution in [0.4, 0.5) is 26.3 Å². The van der Waals surface area contributed by atoms with Crippen molar-refractivity contribution >= 4 is 22.8 Å². The lowest BCUT2D eigenvalue weighted by molar-refractivity contribution is -0.139. The number of rotatable bonds is 4. The van der Waals surface area contributed by atoms with Gasteiger partial charge in [0, 0.05) is 5.56 Å². The summed E-state index contributed by atoms with van der Waals surface area (Å²) in [6, 6.07) is 5.75. The molecule has 0 fully saturated rings. The lowest BCUT2D eigenvalue weighted by Crippen LogP contribution is -2.11. The number of carbonyl (C=O) groups excluding carboxylic acids is 1. The molecule has 0 spiro atoms. The molecule has 0 aliphatic rings. The van der Waals surface area contributed by atoms with Crippen molar-refractivity contribution in [1.82, 2.24) is 0 Å². The summed E-state index contributed by atoms with van der Waals surface area (Å²) in [5, 5.41) is 24.9. The molecule has 0 saturated heterocycles. The first-order valence-corrected chi connectivity index (χ1v) is 8.81. The van der Waals surface area contributed by atoms with E-state index in [9.17, 15) is 35.9 Å². The van der Waals surface area contributed by atoms with E-state index in [1.165, 1.54) is 12.1 Å². The first kappa shape index (κ1) is 28.1. The normalized spacial score (nSPS) is 10.8. The van der Waals surface area contributed by atoms with Gasteiger partial charge in [0.15, 0.2) is 0 Å². The summed E-state index contributed by atoms with van der Waals surface area (Å²) in [6.45, 7) is 0. The van der Waals surface area contributed by atoms with E-state index < -0.39 is 68.4 Å². The molecule has 0 atom stereocenters. The smallest absolute Gasteiger partial charge is 0.420 e. The molecule has 0 amide bonds. The fraction of sp³-hybridized carbons (Fsp3) is 0.200. The van der Waals surface area contributed by atoms with Gasteiger partial charge in [0.25, 0.3) is 5.24 Å². The van der Waals surface area contributed by atoms with Crippen LogP contribution in [0.5, 0.6) is 11.5 Å². The second kappa shape index (κ2) is 10.8. The SMILES string of the molecule is COc1c(C#N)cc(C(=O)Cl)cc1C(F)(F)F.COc1c(C#N)cc(C(=O)O)cc1C(F)(F)F. The van der Waals surface area contributed by atoms with E-state index in [0.717, 1.165) is 26.4 Å². The van der Waals surface area contributed by atoms with Crippen molar-refractivity contribution in [3.05, 3.63) is 57.6 Å². The van der Waals surface area contributed by atoms with Gasteiger partial charge in [-0.15, -0.1) is 0 Å². The van der Waals surface area contributed by atoms with Crippen molar-refractivity contribution in [3.63, 3.8) is 0 Å². The van der Waals surface area contributed by atoms with Crippen LogP contribution in [0.3, 0.4) is 0 Å². The van der Waals surface area contributed by atoms with Gasteiger partial charge in [-0.3, -0.25) is 4.79 Å². The lowest BCUT2D eigenvalue weighted by Gasteiger charge is -2.13. The van der Waals surface area contributed by atoms with Gasteiger partial charge in [-0.25, -0.2) is 4.79 Å². The Bertz CT molecular complexity index is 1100. The summed E-state index contributed by atoms with van der Waals surface area (Å²) in [5.74, 6) is -2.85. The second-order valence-electron chi connectivity index (χ2n) is 6.01. The number of alkyl halides is 6. The molecule has 0 bridgehead atoms. The number of ether oxygens (including phenoxy) is 2. The van der Waals surface area contributed by atoms with E-state index in [-0.39, 0.29) is 0 Å². The third kappa shape index (κ3) is 6.52. The lowest BCUT2D eigenvalue weighted by atomic mass is 10.0. The summed E-state index contributed by atoms with van der Waals surface area (Å²) in [5.41, 5.74) is -4.38. The number of hydrogen-bond donors (Lipinski definition) is 1. The van der Waals surface area contributed by atoms with E-state index >= 15 is 0 Å². The zero-order valence-electron chi connectivity index (χ0n) is 16.9. The maximum Gasteiger partial charge on any atom is 0.420 e. The summed E-state index contributed by atoms with van der Waals surface area (Å²) < 4.78 is 84.8. The van der Waals surface area contributed by atoms with Crippen LogP contribution < -0.4 is 9.47 Å². The van der Waals surface area contributed by atoms with Gasteiger partial charge >= 0.3 is 18.3 Å². The van der Waals surface area contributed by atoms with Crippen LogP contribution in [-0.2, 0) is 12.4 Å². The van der Waals surface area contributed by atoms with E-state index in [1.807, 2.05) is 0 Å². The van der Waals surface area contributed by atoms with Gasteiger partial charge in [0.2, 0.25) is 0 Å². The number of carboxylic acid groups (broad SMARTS) is 1. The van der Waals surface area contributed by atoms with E-state index in [2.05, 4.69) is 9.47 Å². The van der Waals surface area contributed by atoms with Crippen LogP contribution in [0, 0.1) is 22.7 Å². The van der Waals surface area contributed by atoms with Crippen molar-refractivity contribution in [2.75, 3.05) is 14.2 Å². The highest BCUT2D eigenvalue weighted by atomic mass is 35.5. The molecule has 0 heterocycles. The molecule has 180 valence electrons. The number of nitriles is 2. The van der Waals surface area contributed by atoms with Crippen molar-refractivity contribution in [1.29, 1.82) is 10.5 Å². The number of nitrogens with zero attached hydrogens (tertiary/aromatic N) is 2. The molecule has 0 radical (unpaired) electrons. The van der Waals surface area contributed by atoms with Crippen molar-refractivity contribution < 1.29 is 50.5 Å². The molecule has 0 saturated carbocycles. The number of carboxylic acids is 1. The molecule has 1 N–H and O–H groups in total. The molecule has 0 aliphatic heterocycles. The topological polar surface area (TPSA) is 120 Å². The maximum atomic E-state index is 12.7. The Kier molecular flexibility index (Phi) is 8.89. The Morgan fingerprint density at radius 2 is 1.18 bits per heavy atom. The Morgan fingerprint density at radius 1 is 0.824 bits per heavy atom. The third-order valence-corrected chi connectivity index (χ3v) is 4.13. The van der Waals surface area contributed by atoms with E-state index in [1.54, 1.807) is 0 Å². The molecule has 2 rings (SSSR count). The predicted molar refractivity (Wildman–Crippen MR) is 103 cm³/mol. The van der Waals surface area contributed by atoms with Crippen LogP contribution >= 0.6 is 11.6 Å². The Hall–Kier alpha value is -3.97. The summed E-state index contributed by atoms with van der Waals surface area (Å²) in [7, 11) is 1.99. The Balaban J connectivity index is 0.000000340. The van der Waals surface area contributed by atoms with Gasteiger partial charge in [-0.05, 0) is 35.9 Å². The standard InChI is InChI=1S/C10H5ClF3NO2.C10H6F3NO3/c1-17-8-6(4-15)2-5(9(11)16)3-7(8)10(12,13)14;1-17-8-6(4-14)2-5(9(15)16)3-7(8)10(11,12)13/h2-3H,1H3;2-3H,1H3,(H,15,16). The van der Waals surface area contributed by atoms with Crippen molar-refractivity contribution in [2.24, 2.45) is 0 Å². The average Bonchev–Trinajstić information content (AvgIpc) is 2.75. The minimum absolute atomic E-state index is 0.397. The van der Waals surface area contributed by atoms with Crippen molar-refractivity contribution in [2.45, 2.75) is 12.4 Å². The fourth-order valence-electron chi connectivity index (χ4n) is 2.52. The van der Waals surface area contributed by atoms with Crippen molar-refractivity contribution in [3.8, 4) is 23.6 Å². The highest BCUT2D eigenvalue weighted by molar-refractivity contribution is 6.67. The van der Waals surface area contributed by atoms with Gasteiger partial charge < -0.3 is 14.6 Å². The molecular formula is C20H11ClF6N2O5. The molecule has 0 unspecified atom stereocenters. The first-order chi connectivity index (χ1) is 15.6. The molecule has 34 heavy (non-hydrogen) atoms. The summed E-state index contributed by atoms with van der Waals surface area (Å²) >= 11 is 5.09. The van der Waals surface area contributed by atoms with Crippen LogP contribution in [0.1, 0.15) is 43.0 Å². The van der Waals surface area contributed by atoms with Gasteiger partial charge in [-0.1, -0.05) is 0 Å². The van der Waals surface area contributed by atoms with Crippen LogP contribution in [0.25, 0.3) is 0 Å². The Morgan fingerprint density at radius 3 is 1.44 bits per heavy atom. The summed E-state index contributed by atoms with van der Waals surface area (Å²) in [4.78, 5) is 21.5.